The summed E-state index contributed by atoms with van der Waals surface area (Å²) in [5.74, 6) is -0.352. The van der Waals surface area contributed by atoms with Crippen molar-refractivity contribution in [1.82, 2.24) is 4.90 Å². The number of benzene rings is 4. The van der Waals surface area contributed by atoms with E-state index in [2.05, 4.69) is 80.3 Å². The van der Waals surface area contributed by atoms with Crippen molar-refractivity contribution in [3.8, 4) is 0 Å². The lowest BCUT2D eigenvalue weighted by Gasteiger charge is -2.53. The molecule has 1 aliphatic carbocycles. The van der Waals surface area contributed by atoms with Crippen LogP contribution in [0.1, 0.15) is 76.5 Å². The van der Waals surface area contributed by atoms with Crippen molar-refractivity contribution in [1.29, 1.82) is 0 Å². The van der Waals surface area contributed by atoms with Crippen LogP contribution < -0.4 is 10.4 Å². The molecular weight excluding hydrogens is 681 g/mol. The van der Waals surface area contributed by atoms with Gasteiger partial charge in [0.05, 0.1) is 37.6 Å². The van der Waals surface area contributed by atoms with Gasteiger partial charge in [0.2, 0.25) is 5.91 Å². The molecule has 1 aliphatic heterocycles. The van der Waals surface area contributed by atoms with Gasteiger partial charge in [-0.05, 0) is 76.0 Å². The smallest absolute Gasteiger partial charge is 0.306 e. The summed E-state index contributed by atoms with van der Waals surface area (Å²) in [6.07, 6.45) is 2.44. The molecule has 5 nitrogen and oxygen atoms in total. The Labute approximate surface area is 308 Å². The van der Waals surface area contributed by atoms with Crippen LogP contribution in [0, 0.1) is 11.3 Å². The Morgan fingerprint density at radius 1 is 0.860 bits per heavy atom. The van der Waals surface area contributed by atoms with E-state index in [1.54, 1.807) is 0 Å². The molecule has 4 aromatic rings. The summed E-state index contributed by atoms with van der Waals surface area (Å²) in [6.45, 7) is 9.11. The van der Waals surface area contributed by atoms with Gasteiger partial charge in [0.25, 0.3) is 8.32 Å². The van der Waals surface area contributed by atoms with Crippen molar-refractivity contribution < 1.29 is 18.8 Å². The normalized spacial score (nSPS) is 21.9. The van der Waals surface area contributed by atoms with Crippen LogP contribution in [0.15, 0.2) is 109 Å². The van der Waals surface area contributed by atoms with Gasteiger partial charge in [-0.2, -0.15) is 0 Å². The summed E-state index contributed by atoms with van der Waals surface area (Å²) >= 11 is 13.0. The molecule has 4 atom stereocenters. The average Bonchev–Trinajstić information content (AvgIpc) is 3.94. The Balaban J connectivity index is 1.52. The van der Waals surface area contributed by atoms with Crippen LogP contribution >= 0.6 is 23.2 Å². The molecule has 6 rings (SSSR count). The summed E-state index contributed by atoms with van der Waals surface area (Å²) in [7, 11) is -1.55. The Hall–Kier alpha value is -3.42. The van der Waals surface area contributed by atoms with Crippen LogP contribution in [0.4, 0.5) is 0 Å². The van der Waals surface area contributed by atoms with Crippen LogP contribution in [-0.4, -0.2) is 44.9 Å². The molecule has 50 heavy (non-hydrogen) atoms. The summed E-state index contributed by atoms with van der Waals surface area (Å²) in [5.41, 5.74) is 1.01. The quantitative estimate of drug-likeness (QED) is 0.114. The molecule has 0 aromatic heterocycles. The van der Waals surface area contributed by atoms with E-state index in [0.717, 1.165) is 24.0 Å². The Morgan fingerprint density at radius 3 is 1.98 bits per heavy atom. The number of piperidine rings is 1. The number of esters is 1. The number of hydrogen-bond acceptors (Lipinski definition) is 4. The fourth-order valence-corrected chi connectivity index (χ4v) is 13.1. The van der Waals surface area contributed by atoms with E-state index in [0.29, 0.717) is 23.1 Å². The number of likely N-dealkylation sites (tertiary alicyclic amines) is 1. The zero-order chi connectivity index (χ0) is 35.7. The van der Waals surface area contributed by atoms with Crippen molar-refractivity contribution in [3.63, 3.8) is 0 Å². The minimum absolute atomic E-state index is 0.0177. The zero-order valence-electron chi connectivity index (χ0n) is 29.6. The predicted octanol–water partition coefficient (Wildman–Crippen LogP) is 8.98. The minimum Gasteiger partial charge on any atom is -0.469 e. The Kier molecular flexibility index (Phi) is 10.7. The Bertz CT molecular complexity index is 1750. The highest BCUT2D eigenvalue weighted by molar-refractivity contribution is 6.99. The summed E-state index contributed by atoms with van der Waals surface area (Å²) in [4.78, 5) is 30.3. The van der Waals surface area contributed by atoms with Crippen molar-refractivity contribution in [2.75, 3.05) is 13.7 Å². The maximum absolute atomic E-state index is 15.3. The van der Waals surface area contributed by atoms with Crippen molar-refractivity contribution in [2.24, 2.45) is 11.3 Å². The largest absolute Gasteiger partial charge is 0.469 e. The third kappa shape index (κ3) is 7.18. The van der Waals surface area contributed by atoms with E-state index in [1.165, 1.54) is 17.5 Å². The van der Waals surface area contributed by atoms with Crippen LogP contribution in [0.2, 0.25) is 15.1 Å². The molecule has 2 fully saturated rings. The lowest BCUT2D eigenvalue weighted by molar-refractivity contribution is -0.163. The van der Waals surface area contributed by atoms with Gasteiger partial charge in [-0.15, -0.1) is 0 Å². The predicted molar refractivity (Wildman–Crippen MR) is 205 cm³/mol. The maximum Gasteiger partial charge on any atom is 0.306 e. The number of ether oxygens (including phenoxy) is 1. The van der Waals surface area contributed by atoms with E-state index in [4.69, 9.17) is 32.4 Å². The van der Waals surface area contributed by atoms with Gasteiger partial charge >= 0.3 is 5.97 Å². The van der Waals surface area contributed by atoms with Crippen LogP contribution in [0.25, 0.3) is 0 Å². The molecule has 2 unspecified atom stereocenters. The number of methoxy groups -OCH3 is 1. The third-order valence-electron chi connectivity index (χ3n) is 10.8. The molecule has 0 bridgehead atoms. The highest BCUT2D eigenvalue weighted by Gasteiger charge is 2.56. The summed E-state index contributed by atoms with van der Waals surface area (Å²) in [5, 5.41) is 3.42. The second-order valence-electron chi connectivity index (χ2n) is 15.3. The van der Waals surface area contributed by atoms with E-state index in [1.807, 2.05) is 61.5 Å². The van der Waals surface area contributed by atoms with Gasteiger partial charge in [0, 0.05) is 16.0 Å². The first kappa shape index (κ1) is 36.4. The highest BCUT2D eigenvalue weighted by Crippen LogP contribution is 2.54. The van der Waals surface area contributed by atoms with Crippen LogP contribution in [0.5, 0.6) is 0 Å². The molecule has 1 heterocycles. The molecule has 0 spiro atoms. The van der Waals surface area contributed by atoms with Gasteiger partial charge in [0.15, 0.2) is 0 Å². The van der Waals surface area contributed by atoms with Crippen molar-refractivity contribution in [3.05, 3.63) is 130 Å². The molecule has 0 radical (unpaired) electrons. The van der Waals surface area contributed by atoms with Crippen molar-refractivity contribution in [2.45, 2.75) is 76.4 Å². The molecule has 0 N–H and O–H groups in total. The standard InChI is InChI=1S/C42H47Cl2NO4Si/c1-41(2,3)50(34-15-8-6-9-16-34,35-17-10-7-11-18-35)49-28-37(29-19-20-29)45-39(30-21-23-32(43)24-22-30)36(31-13-12-14-33(44)25-31)26-42(4,40(45)47)27-38(46)48-5/h6-18,21-25,29,36-37,39H,19-20,26-28H2,1-5H3/t36?,37?,39-,42-/m1/s1. The molecule has 4 aromatic carbocycles. The lowest BCUT2D eigenvalue weighted by Crippen LogP contribution is -2.68. The first-order valence-corrected chi connectivity index (χ1v) is 20.2. The van der Waals surface area contributed by atoms with E-state index < -0.39 is 19.7 Å². The van der Waals surface area contributed by atoms with Crippen LogP contribution in [0.3, 0.4) is 0 Å². The van der Waals surface area contributed by atoms with Gasteiger partial charge in [-0.3, -0.25) is 9.59 Å². The summed E-state index contributed by atoms with van der Waals surface area (Å²) in [6, 6.07) is 36.4. The van der Waals surface area contributed by atoms with E-state index in [-0.39, 0.29) is 41.3 Å². The van der Waals surface area contributed by atoms with Gasteiger partial charge < -0.3 is 14.1 Å². The first-order chi connectivity index (χ1) is 23.9. The number of carbonyl (C=O) groups is 2. The molecule has 1 saturated heterocycles. The van der Waals surface area contributed by atoms with E-state index in [9.17, 15) is 4.79 Å². The van der Waals surface area contributed by atoms with Gasteiger partial charge in [0.1, 0.15) is 0 Å². The molecule has 1 saturated carbocycles. The van der Waals surface area contributed by atoms with Gasteiger partial charge in [-0.1, -0.05) is 136 Å². The Morgan fingerprint density at radius 2 is 1.46 bits per heavy atom. The highest BCUT2D eigenvalue weighted by atomic mass is 35.5. The second kappa shape index (κ2) is 14.7. The summed E-state index contributed by atoms with van der Waals surface area (Å²) < 4.78 is 12.7. The SMILES string of the molecule is COC(=O)C[C@@]1(C)CC(c2cccc(Cl)c2)[C@@H](c2ccc(Cl)cc2)N(C(CO[Si](c2ccccc2)(c2ccccc2)C(C)(C)C)C2CC2)C1=O. The number of hydrogen-bond donors (Lipinski definition) is 0. The minimum atomic E-state index is -2.93. The van der Waals surface area contributed by atoms with E-state index >= 15 is 4.79 Å². The van der Waals surface area contributed by atoms with Crippen molar-refractivity contribution >= 4 is 53.8 Å². The molecule has 8 heteroatoms. The number of amides is 1. The number of carbonyl (C=O) groups excluding carboxylic acids is 2. The maximum atomic E-state index is 15.3. The third-order valence-corrected chi connectivity index (χ3v) is 16.3. The fourth-order valence-electron chi connectivity index (χ4n) is 8.20. The number of rotatable bonds is 11. The lowest BCUT2D eigenvalue weighted by atomic mass is 9.67. The fraction of sp³-hybridized carbons (Fsp3) is 0.381. The van der Waals surface area contributed by atoms with Crippen LogP contribution in [-0.2, 0) is 18.8 Å². The molecular formula is C42H47Cl2NO4Si. The zero-order valence-corrected chi connectivity index (χ0v) is 32.1. The molecule has 262 valence electrons. The van der Waals surface area contributed by atoms with Gasteiger partial charge in [-0.25, -0.2) is 0 Å². The topological polar surface area (TPSA) is 55.8 Å². The average molecular weight is 729 g/mol. The second-order valence-corrected chi connectivity index (χ2v) is 20.4. The molecule has 2 aliphatic rings. The first-order valence-electron chi connectivity index (χ1n) is 17.5. The number of halogens is 2. The number of nitrogens with zero attached hydrogens (tertiary/aromatic N) is 1. The monoisotopic (exact) mass is 727 g/mol. The molecule has 1 amide bonds.